The van der Waals surface area contributed by atoms with Gasteiger partial charge in [-0.05, 0) is 45.4 Å². The van der Waals surface area contributed by atoms with Gasteiger partial charge in [0.25, 0.3) is 0 Å². The Kier molecular flexibility index (Phi) is 10.4. The van der Waals surface area contributed by atoms with Gasteiger partial charge >= 0.3 is 0 Å². The maximum absolute atomic E-state index is 6.38. The highest BCUT2D eigenvalue weighted by molar-refractivity contribution is 6.91. The number of nitrogens with zero attached hydrogens (tertiary/aromatic N) is 4. The summed E-state index contributed by atoms with van der Waals surface area (Å²) >= 11 is 12.8. The number of aromatic nitrogens is 4. The smallest absolute Gasteiger partial charge is 0.199 e. The molecule has 8 heteroatoms. The Morgan fingerprint density at radius 1 is 0.500 bits per heavy atom. The second-order valence-electron chi connectivity index (χ2n) is 15.1. The summed E-state index contributed by atoms with van der Waals surface area (Å²) in [5.41, 5.74) is 16.2. The minimum absolute atomic E-state index is 0.423. The predicted octanol–water partition coefficient (Wildman–Crippen LogP) is 12.3. The highest BCUT2D eigenvalue weighted by Gasteiger charge is 2.43. The van der Waals surface area contributed by atoms with E-state index in [1.165, 1.54) is 0 Å². The fourth-order valence-electron chi connectivity index (χ4n) is 8.48. The molecule has 0 fully saturated rings. The molecule has 0 saturated heterocycles. The van der Waals surface area contributed by atoms with E-state index in [4.69, 9.17) is 43.1 Å². The monoisotopic (exact) mass is 710 g/mol. The van der Waals surface area contributed by atoms with Crippen LogP contribution in [0.2, 0.25) is 43.3 Å². The number of halogens is 2. The summed E-state index contributed by atoms with van der Waals surface area (Å²) in [6.45, 7) is 28.1. The van der Waals surface area contributed by atoms with Gasteiger partial charge in [0.15, 0.2) is 11.3 Å². The SMILES string of the molecule is CC(C)[Si](C#Cc1c2ccccc2c(C#C[Si](C(C)C)(C(C)C)C(C)C)c2nc3nc4cc(Cl)c(Cl)cc4nc3nc12)(C(C)C)C(C)C. The molecule has 2 heterocycles. The molecule has 250 valence electrons. The van der Waals surface area contributed by atoms with Crippen LogP contribution < -0.4 is 0 Å². The molecule has 0 aliphatic carbocycles. The van der Waals surface area contributed by atoms with Gasteiger partial charge in [-0.15, -0.1) is 11.1 Å². The van der Waals surface area contributed by atoms with Crippen molar-refractivity contribution in [2.45, 2.75) is 116 Å². The average Bonchev–Trinajstić information content (AvgIpc) is 3.00. The fraction of sp³-hybridized carbons (Fsp3) is 0.450. The van der Waals surface area contributed by atoms with Gasteiger partial charge in [0.05, 0.1) is 32.2 Å². The van der Waals surface area contributed by atoms with Gasteiger partial charge in [-0.1, -0.05) is 142 Å². The molecule has 4 nitrogen and oxygen atoms in total. The summed E-state index contributed by atoms with van der Waals surface area (Å²) < 4.78 is 0. The molecular formula is C40H48Cl2N4Si2. The van der Waals surface area contributed by atoms with Gasteiger partial charge in [-0.25, -0.2) is 19.9 Å². The topological polar surface area (TPSA) is 51.6 Å². The highest BCUT2D eigenvalue weighted by atomic mass is 35.5. The van der Waals surface area contributed by atoms with Crippen LogP contribution in [0.5, 0.6) is 0 Å². The lowest BCUT2D eigenvalue weighted by Crippen LogP contribution is -2.43. The van der Waals surface area contributed by atoms with E-state index in [-0.39, 0.29) is 0 Å². The van der Waals surface area contributed by atoms with Crippen LogP contribution in [0.15, 0.2) is 36.4 Å². The molecule has 0 spiro atoms. The maximum Gasteiger partial charge on any atom is 0.199 e. The first-order chi connectivity index (χ1) is 22.6. The lowest BCUT2D eigenvalue weighted by Gasteiger charge is -2.38. The van der Waals surface area contributed by atoms with Gasteiger partial charge in [0.2, 0.25) is 0 Å². The first kappa shape index (κ1) is 36.3. The lowest BCUT2D eigenvalue weighted by atomic mass is 9.97. The third kappa shape index (κ3) is 6.04. The zero-order valence-corrected chi connectivity index (χ0v) is 34.0. The molecule has 0 aliphatic heterocycles. The Bertz CT molecular complexity index is 1970. The van der Waals surface area contributed by atoms with Crippen LogP contribution in [-0.4, -0.2) is 36.1 Å². The van der Waals surface area contributed by atoms with Gasteiger partial charge in [0, 0.05) is 10.8 Å². The van der Waals surface area contributed by atoms with E-state index in [2.05, 4.69) is 130 Å². The van der Waals surface area contributed by atoms with E-state index in [9.17, 15) is 0 Å². The quantitative estimate of drug-likeness (QED) is 0.0999. The van der Waals surface area contributed by atoms with E-state index < -0.39 is 16.1 Å². The molecule has 2 aromatic heterocycles. The van der Waals surface area contributed by atoms with Crippen molar-refractivity contribution < 1.29 is 0 Å². The van der Waals surface area contributed by atoms with Gasteiger partial charge in [0.1, 0.15) is 27.2 Å². The number of fused-ring (bicyclic) bond motifs is 4. The number of hydrogen-bond acceptors (Lipinski definition) is 4. The van der Waals surface area contributed by atoms with Crippen LogP contribution in [0, 0.1) is 22.9 Å². The van der Waals surface area contributed by atoms with Crippen molar-refractivity contribution >= 4 is 83.5 Å². The number of hydrogen-bond donors (Lipinski definition) is 0. The summed E-state index contributed by atoms with van der Waals surface area (Å²) in [7, 11) is -4.13. The van der Waals surface area contributed by atoms with Crippen LogP contribution in [0.25, 0.3) is 44.1 Å². The molecule has 48 heavy (non-hydrogen) atoms. The molecule has 5 aromatic rings. The van der Waals surface area contributed by atoms with Crippen LogP contribution >= 0.6 is 23.2 Å². The predicted molar refractivity (Wildman–Crippen MR) is 214 cm³/mol. The second kappa shape index (κ2) is 13.7. The highest BCUT2D eigenvalue weighted by Crippen LogP contribution is 2.43. The van der Waals surface area contributed by atoms with E-state index >= 15 is 0 Å². The normalized spacial score (nSPS) is 12.8. The summed E-state index contributed by atoms with van der Waals surface area (Å²) in [5, 5.41) is 2.94. The Morgan fingerprint density at radius 3 is 1.10 bits per heavy atom. The third-order valence-corrected chi connectivity index (χ3v) is 24.1. The summed E-state index contributed by atoms with van der Waals surface area (Å²) in [5.74, 6) is 7.54. The molecule has 0 atom stereocenters. The van der Waals surface area contributed by atoms with Crippen LogP contribution in [-0.2, 0) is 0 Å². The van der Waals surface area contributed by atoms with Crippen molar-refractivity contribution in [2.75, 3.05) is 0 Å². The Hall–Kier alpha value is -3.01. The first-order valence-electron chi connectivity index (χ1n) is 17.3. The van der Waals surface area contributed by atoms with E-state index in [1.807, 2.05) is 0 Å². The molecule has 0 N–H and O–H groups in total. The van der Waals surface area contributed by atoms with Gasteiger partial charge < -0.3 is 0 Å². The maximum atomic E-state index is 6.38. The Balaban J connectivity index is 1.99. The molecule has 0 aliphatic rings. The summed E-state index contributed by atoms with van der Waals surface area (Å²) in [6, 6.07) is 11.9. The molecule has 3 aromatic carbocycles. The van der Waals surface area contributed by atoms with Crippen molar-refractivity contribution in [3.63, 3.8) is 0 Å². The van der Waals surface area contributed by atoms with E-state index in [1.54, 1.807) is 12.1 Å². The van der Waals surface area contributed by atoms with Crippen molar-refractivity contribution in [2.24, 2.45) is 0 Å². The van der Waals surface area contributed by atoms with Crippen LogP contribution in [0.3, 0.4) is 0 Å². The number of benzene rings is 3. The molecule has 0 amide bonds. The molecule has 0 bridgehead atoms. The zero-order chi connectivity index (χ0) is 35.3. The largest absolute Gasteiger partial charge is 0.223 e. The molecule has 0 unspecified atom stereocenters. The van der Waals surface area contributed by atoms with Gasteiger partial charge in [-0.3, -0.25) is 0 Å². The second-order valence-corrected chi connectivity index (χ2v) is 27.1. The van der Waals surface area contributed by atoms with Crippen LogP contribution in [0.1, 0.15) is 94.2 Å². The zero-order valence-electron chi connectivity index (χ0n) is 30.5. The third-order valence-electron chi connectivity index (χ3n) is 10.8. The van der Waals surface area contributed by atoms with Crippen molar-refractivity contribution in [3.8, 4) is 22.9 Å². The summed E-state index contributed by atoms with van der Waals surface area (Å²) in [4.78, 5) is 20.2. The standard InChI is InChI=1S/C40H48Cl2N4Si2/c1-23(2)47(24(3)4,25(5)6)19-17-31-29-15-13-14-16-30(29)32(18-20-48(26(7)8,27(9)10)28(11)12)38-37(31)45-39-40(46-38)44-36-22-34(42)33(41)21-35(36)43-39/h13-16,21-28H,1-12H3. The fourth-order valence-corrected chi connectivity index (χ4v) is 19.2. The molecule has 0 radical (unpaired) electrons. The summed E-state index contributed by atoms with van der Waals surface area (Å²) in [6.07, 6.45) is 0. The average molecular weight is 712 g/mol. The van der Waals surface area contributed by atoms with E-state index in [0.29, 0.717) is 65.6 Å². The number of rotatable bonds is 6. The minimum atomic E-state index is -2.07. The lowest BCUT2D eigenvalue weighted by molar-refractivity contribution is 0.838. The Labute approximate surface area is 298 Å². The van der Waals surface area contributed by atoms with Crippen molar-refractivity contribution in [3.05, 3.63) is 57.6 Å². The first-order valence-corrected chi connectivity index (χ1v) is 22.5. The van der Waals surface area contributed by atoms with Crippen LogP contribution in [0.4, 0.5) is 0 Å². The van der Waals surface area contributed by atoms with Crippen molar-refractivity contribution in [1.29, 1.82) is 0 Å². The van der Waals surface area contributed by atoms with Gasteiger partial charge in [-0.2, -0.15) is 0 Å². The molecule has 0 saturated carbocycles. The molecular weight excluding hydrogens is 664 g/mol. The van der Waals surface area contributed by atoms with Crippen molar-refractivity contribution in [1.82, 2.24) is 19.9 Å². The molecule has 5 rings (SSSR count). The van der Waals surface area contributed by atoms with E-state index in [0.717, 1.165) is 32.9 Å². The minimum Gasteiger partial charge on any atom is -0.223 e. The Morgan fingerprint density at radius 2 is 0.812 bits per heavy atom.